The number of ether oxygens (including phenoxy) is 2. The van der Waals surface area contributed by atoms with Gasteiger partial charge in [-0.3, -0.25) is 9.59 Å². The van der Waals surface area contributed by atoms with Gasteiger partial charge in [0.15, 0.2) is 23.1 Å². The number of halogens is 2. The lowest BCUT2D eigenvalue weighted by Crippen LogP contribution is -2.44. The van der Waals surface area contributed by atoms with E-state index in [4.69, 9.17) is 32.7 Å². The van der Waals surface area contributed by atoms with E-state index in [-0.39, 0.29) is 29.0 Å². The van der Waals surface area contributed by atoms with E-state index in [1.807, 2.05) is 31.2 Å². The molecule has 2 aromatic rings. The maximum absolute atomic E-state index is 14.0. The van der Waals surface area contributed by atoms with Crippen molar-refractivity contribution in [2.75, 3.05) is 13.2 Å². The number of rotatable bonds is 8. The van der Waals surface area contributed by atoms with Crippen molar-refractivity contribution in [2.45, 2.75) is 86.2 Å². The Morgan fingerprint density at radius 3 is 1.95 bits per heavy atom. The Bertz CT molecular complexity index is 1430. The van der Waals surface area contributed by atoms with Gasteiger partial charge < -0.3 is 14.4 Å². The van der Waals surface area contributed by atoms with Gasteiger partial charge in [-0.1, -0.05) is 70.0 Å². The van der Waals surface area contributed by atoms with Crippen molar-refractivity contribution in [2.24, 2.45) is 10.8 Å². The van der Waals surface area contributed by atoms with Gasteiger partial charge in [0.1, 0.15) is 6.61 Å². The van der Waals surface area contributed by atoms with E-state index < -0.39 is 5.92 Å². The van der Waals surface area contributed by atoms with Crippen LogP contribution >= 0.6 is 23.2 Å². The summed E-state index contributed by atoms with van der Waals surface area (Å²) in [6, 6.07) is 11.3. The molecule has 1 aliphatic heterocycles. The summed E-state index contributed by atoms with van der Waals surface area (Å²) in [5, 5.41) is 0.967. The third-order valence-corrected chi connectivity index (χ3v) is 9.19. The van der Waals surface area contributed by atoms with Crippen LogP contribution in [0, 0.1) is 10.8 Å². The minimum absolute atomic E-state index is 0.134. The molecule has 5 nitrogen and oxygen atoms in total. The standard InChI is InChI=1S/C35H41Cl2NO4/c1-7-13-38-25-16-34(3,4)18-27(39)32(25)31(33-26(38)17-35(5,6)19-28(33)40)22-10-12-29(30(15-22)41-8-2)42-20-21-9-11-23(36)24(37)14-21/h9-12,14-15,31H,7-8,13,16-20H2,1-6H3. The van der Waals surface area contributed by atoms with Gasteiger partial charge in [0.2, 0.25) is 0 Å². The van der Waals surface area contributed by atoms with Crippen molar-refractivity contribution in [3.8, 4) is 11.5 Å². The molecule has 1 heterocycles. The second-order valence-corrected chi connectivity index (χ2v) is 14.2. The maximum Gasteiger partial charge on any atom is 0.162 e. The Balaban J connectivity index is 1.61. The first-order valence-corrected chi connectivity index (χ1v) is 15.7. The minimum Gasteiger partial charge on any atom is -0.490 e. The molecule has 0 radical (unpaired) electrons. The Kier molecular flexibility index (Phi) is 8.57. The largest absolute Gasteiger partial charge is 0.490 e. The molecule has 3 aliphatic rings. The normalized spacial score (nSPS) is 20.0. The van der Waals surface area contributed by atoms with Crippen LogP contribution in [-0.4, -0.2) is 29.6 Å². The lowest BCUT2D eigenvalue weighted by Gasteiger charge is -2.49. The highest BCUT2D eigenvalue weighted by molar-refractivity contribution is 6.42. The Morgan fingerprint density at radius 2 is 1.40 bits per heavy atom. The molecule has 0 fully saturated rings. The van der Waals surface area contributed by atoms with Gasteiger partial charge in [-0.25, -0.2) is 0 Å². The van der Waals surface area contributed by atoms with Crippen LogP contribution in [0.5, 0.6) is 11.5 Å². The van der Waals surface area contributed by atoms with Crippen LogP contribution in [-0.2, 0) is 16.2 Å². The Labute approximate surface area is 259 Å². The van der Waals surface area contributed by atoms with Crippen LogP contribution < -0.4 is 9.47 Å². The van der Waals surface area contributed by atoms with Gasteiger partial charge >= 0.3 is 0 Å². The predicted octanol–water partition coefficient (Wildman–Crippen LogP) is 9.07. The summed E-state index contributed by atoms with van der Waals surface area (Å²) in [6.07, 6.45) is 3.47. The first-order chi connectivity index (χ1) is 19.8. The third kappa shape index (κ3) is 6.01. The molecule has 0 saturated heterocycles. The monoisotopic (exact) mass is 609 g/mol. The zero-order valence-electron chi connectivity index (χ0n) is 25.5. The quantitative estimate of drug-likeness (QED) is 0.299. The molecule has 0 N–H and O–H groups in total. The molecule has 0 amide bonds. The second kappa shape index (κ2) is 11.7. The molecule has 0 saturated carbocycles. The molecule has 224 valence electrons. The SMILES string of the molecule is CCCN1C2=C(C(=O)CC(C)(C)C2)C(c2ccc(OCc3ccc(Cl)c(Cl)c3)c(OCC)c2)C2=C1CC(C)(C)CC2=O. The number of ketones is 2. The van der Waals surface area contributed by atoms with E-state index >= 15 is 0 Å². The minimum atomic E-state index is -0.418. The van der Waals surface area contributed by atoms with Crippen molar-refractivity contribution in [1.29, 1.82) is 0 Å². The highest BCUT2D eigenvalue weighted by Gasteiger charge is 2.48. The summed E-state index contributed by atoms with van der Waals surface area (Å²) >= 11 is 12.3. The number of allylic oxidation sites excluding steroid dienone is 4. The molecule has 2 aliphatic carbocycles. The fourth-order valence-electron chi connectivity index (χ4n) is 6.76. The van der Waals surface area contributed by atoms with E-state index in [9.17, 15) is 9.59 Å². The highest BCUT2D eigenvalue weighted by Crippen LogP contribution is 2.55. The van der Waals surface area contributed by atoms with Gasteiger partial charge in [0, 0.05) is 47.8 Å². The summed E-state index contributed by atoms with van der Waals surface area (Å²) in [5.41, 5.74) is 5.22. The van der Waals surface area contributed by atoms with Crippen molar-refractivity contribution in [1.82, 2.24) is 4.90 Å². The van der Waals surface area contributed by atoms with Crippen LogP contribution in [0.4, 0.5) is 0 Å². The third-order valence-electron chi connectivity index (χ3n) is 8.45. The number of carbonyl (C=O) groups is 2. The lowest BCUT2D eigenvalue weighted by atomic mass is 9.63. The van der Waals surface area contributed by atoms with Gasteiger partial charge in [-0.2, -0.15) is 0 Å². The molecule has 2 aromatic carbocycles. The topological polar surface area (TPSA) is 55.8 Å². The van der Waals surface area contributed by atoms with Crippen molar-refractivity contribution >= 4 is 34.8 Å². The van der Waals surface area contributed by atoms with E-state index in [0.29, 0.717) is 41.0 Å². The predicted molar refractivity (Wildman–Crippen MR) is 168 cm³/mol. The number of hydrogen-bond donors (Lipinski definition) is 0. The van der Waals surface area contributed by atoms with E-state index in [1.54, 1.807) is 12.1 Å². The zero-order valence-corrected chi connectivity index (χ0v) is 27.0. The molecule has 5 rings (SSSR count). The number of Topliss-reactive ketones (excluding diaryl/α,β-unsaturated/α-hetero) is 2. The summed E-state index contributed by atoms with van der Waals surface area (Å²) in [7, 11) is 0. The molecule has 7 heteroatoms. The van der Waals surface area contributed by atoms with Gasteiger partial charge in [0.25, 0.3) is 0 Å². The number of nitrogens with zero attached hydrogens (tertiary/aromatic N) is 1. The van der Waals surface area contributed by atoms with Crippen LogP contribution in [0.15, 0.2) is 58.9 Å². The molecule has 0 spiro atoms. The van der Waals surface area contributed by atoms with E-state index in [1.165, 1.54) is 0 Å². The van der Waals surface area contributed by atoms with E-state index in [2.05, 4.69) is 39.5 Å². The molecular formula is C35H41Cl2NO4. The number of hydrogen-bond acceptors (Lipinski definition) is 5. The first-order valence-electron chi connectivity index (χ1n) is 15.0. The Morgan fingerprint density at radius 1 is 0.786 bits per heavy atom. The number of benzene rings is 2. The van der Waals surface area contributed by atoms with Gasteiger partial charge in [0.05, 0.1) is 16.7 Å². The summed E-state index contributed by atoms with van der Waals surface area (Å²) < 4.78 is 12.2. The van der Waals surface area contributed by atoms with Crippen molar-refractivity contribution < 1.29 is 19.1 Å². The summed E-state index contributed by atoms with van der Waals surface area (Å²) in [5.74, 6) is 1.02. The second-order valence-electron chi connectivity index (χ2n) is 13.4. The average Bonchev–Trinajstić information content (AvgIpc) is 2.89. The van der Waals surface area contributed by atoms with Crippen LogP contribution in [0.1, 0.15) is 90.7 Å². The fraction of sp³-hybridized carbons (Fsp3) is 0.486. The smallest absolute Gasteiger partial charge is 0.162 e. The zero-order chi connectivity index (χ0) is 30.4. The highest BCUT2D eigenvalue weighted by atomic mass is 35.5. The molecular weight excluding hydrogens is 569 g/mol. The molecule has 0 bridgehead atoms. The van der Waals surface area contributed by atoms with E-state index in [0.717, 1.165) is 59.5 Å². The van der Waals surface area contributed by atoms with Crippen molar-refractivity contribution in [3.05, 3.63) is 80.1 Å². The Hall–Kier alpha value is -2.76. The lowest BCUT2D eigenvalue weighted by molar-refractivity contribution is -0.119. The van der Waals surface area contributed by atoms with Crippen LogP contribution in [0.3, 0.4) is 0 Å². The molecule has 0 aromatic heterocycles. The maximum atomic E-state index is 14.0. The van der Waals surface area contributed by atoms with Crippen LogP contribution in [0.25, 0.3) is 0 Å². The molecule has 42 heavy (non-hydrogen) atoms. The molecule has 0 unspecified atom stereocenters. The number of carbonyl (C=O) groups excluding carboxylic acids is 2. The summed E-state index contributed by atoms with van der Waals surface area (Å²) in [6.45, 7) is 14.3. The first kappa shape index (κ1) is 30.7. The van der Waals surface area contributed by atoms with Crippen molar-refractivity contribution in [3.63, 3.8) is 0 Å². The average molecular weight is 611 g/mol. The summed E-state index contributed by atoms with van der Waals surface area (Å²) in [4.78, 5) is 30.3. The van der Waals surface area contributed by atoms with Gasteiger partial charge in [-0.05, 0) is 72.4 Å². The van der Waals surface area contributed by atoms with Gasteiger partial charge in [-0.15, -0.1) is 0 Å². The molecule has 0 atom stereocenters. The fourth-order valence-corrected chi connectivity index (χ4v) is 7.08. The van der Waals surface area contributed by atoms with Crippen LogP contribution in [0.2, 0.25) is 10.0 Å².